The Morgan fingerprint density at radius 1 is 1.40 bits per heavy atom. The fourth-order valence-electron chi connectivity index (χ4n) is 0.857. The van der Waals surface area contributed by atoms with Gasteiger partial charge in [-0.05, 0) is 20.3 Å². The maximum atomic E-state index is 11.2. The Labute approximate surface area is 90.4 Å². The third kappa shape index (κ3) is 11.3. The molecule has 90 valence electrons. The van der Waals surface area contributed by atoms with Gasteiger partial charge in [0.1, 0.15) is 0 Å². The summed E-state index contributed by atoms with van der Waals surface area (Å²) in [7, 11) is -3.50. The van der Waals surface area contributed by atoms with E-state index in [9.17, 15) is 13.2 Å². The van der Waals surface area contributed by atoms with Gasteiger partial charge in [0, 0.05) is 18.5 Å². The maximum absolute atomic E-state index is 11.2. The molecule has 0 saturated heterocycles. The highest BCUT2D eigenvalue weighted by Crippen LogP contribution is 2.06. The number of nitrogens with one attached hydrogen (secondary N) is 1. The Hall–Kier alpha value is -0.660. The lowest BCUT2D eigenvalue weighted by molar-refractivity contribution is -0.121. The van der Waals surface area contributed by atoms with E-state index in [0.29, 0.717) is 6.42 Å². The molecular weight excluding hydrogens is 218 g/mol. The molecule has 7 heteroatoms. The van der Waals surface area contributed by atoms with Gasteiger partial charge in [0.25, 0.3) is 0 Å². The van der Waals surface area contributed by atoms with E-state index >= 15 is 0 Å². The molecule has 1 amide bonds. The van der Waals surface area contributed by atoms with E-state index in [2.05, 4.69) is 5.32 Å². The molecule has 0 aromatic carbocycles. The van der Waals surface area contributed by atoms with E-state index < -0.39 is 15.6 Å². The SMILES string of the molecule is CC(C)(N)CCC(=O)NCCS(N)(=O)=O. The molecule has 0 saturated carbocycles. The van der Waals surface area contributed by atoms with Crippen LogP contribution in [0.15, 0.2) is 0 Å². The number of primary sulfonamides is 1. The minimum atomic E-state index is -3.50. The lowest BCUT2D eigenvalue weighted by Gasteiger charge is -2.17. The summed E-state index contributed by atoms with van der Waals surface area (Å²) in [5.74, 6) is -0.456. The number of nitrogens with two attached hydrogens (primary N) is 2. The molecule has 0 aliphatic carbocycles. The van der Waals surface area contributed by atoms with Gasteiger partial charge in [-0.25, -0.2) is 13.6 Å². The van der Waals surface area contributed by atoms with Crippen molar-refractivity contribution in [2.45, 2.75) is 32.2 Å². The molecule has 0 spiro atoms. The predicted octanol–water partition coefficient (Wildman–Crippen LogP) is -1.09. The van der Waals surface area contributed by atoms with Crippen molar-refractivity contribution in [3.8, 4) is 0 Å². The second kappa shape index (κ2) is 5.43. The fourth-order valence-corrected chi connectivity index (χ4v) is 1.24. The van der Waals surface area contributed by atoms with Gasteiger partial charge in [-0.1, -0.05) is 0 Å². The summed E-state index contributed by atoms with van der Waals surface area (Å²) in [6, 6.07) is 0. The van der Waals surface area contributed by atoms with Crippen LogP contribution in [0.25, 0.3) is 0 Å². The molecule has 5 N–H and O–H groups in total. The first-order chi connectivity index (χ1) is 6.60. The second-order valence-corrected chi connectivity index (χ2v) is 5.94. The second-order valence-electron chi connectivity index (χ2n) is 4.21. The average Bonchev–Trinajstić information content (AvgIpc) is 1.97. The molecular formula is C8H19N3O3S. The van der Waals surface area contributed by atoms with Crippen LogP contribution in [0.5, 0.6) is 0 Å². The first kappa shape index (κ1) is 14.3. The topological polar surface area (TPSA) is 115 Å². The minimum Gasteiger partial charge on any atom is -0.355 e. The van der Waals surface area contributed by atoms with E-state index in [1.54, 1.807) is 0 Å². The van der Waals surface area contributed by atoms with E-state index in [1.807, 2.05) is 13.8 Å². The van der Waals surface area contributed by atoms with Crippen molar-refractivity contribution in [2.24, 2.45) is 10.9 Å². The van der Waals surface area contributed by atoms with Crippen LogP contribution in [-0.4, -0.2) is 32.2 Å². The highest BCUT2D eigenvalue weighted by Gasteiger charge is 2.13. The normalized spacial score (nSPS) is 12.5. The van der Waals surface area contributed by atoms with Crippen molar-refractivity contribution in [3.63, 3.8) is 0 Å². The van der Waals surface area contributed by atoms with Gasteiger partial charge in [0.05, 0.1) is 5.75 Å². The van der Waals surface area contributed by atoms with Crippen molar-refractivity contribution in [2.75, 3.05) is 12.3 Å². The van der Waals surface area contributed by atoms with E-state index in [-0.39, 0.29) is 24.6 Å². The van der Waals surface area contributed by atoms with Crippen LogP contribution in [-0.2, 0) is 14.8 Å². The standard InChI is InChI=1S/C8H19N3O3S/c1-8(2,9)4-3-7(12)11-5-6-15(10,13)14/h3-6,9H2,1-2H3,(H,11,12)(H2,10,13,14). The predicted molar refractivity (Wildman–Crippen MR) is 58.5 cm³/mol. The Balaban J connectivity index is 3.69. The zero-order chi connectivity index (χ0) is 12.1. The molecule has 0 aliphatic rings. The number of carbonyl (C=O) groups is 1. The van der Waals surface area contributed by atoms with Crippen molar-refractivity contribution in [1.82, 2.24) is 5.32 Å². The van der Waals surface area contributed by atoms with Crippen LogP contribution < -0.4 is 16.2 Å². The highest BCUT2D eigenvalue weighted by molar-refractivity contribution is 7.89. The van der Waals surface area contributed by atoms with Gasteiger partial charge < -0.3 is 11.1 Å². The first-order valence-electron chi connectivity index (χ1n) is 4.66. The Bertz CT molecular complexity index is 306. The summed E-state index contributed by atoms with van der Waals surface area (Å²) in [5, 5.41) is 7.22. The third-order valence-corrected chi connectivity index (χ3v) is 2.48. The number of carbonyl (C=O) groups excluding carboxylic acids is 1. The van der Waals surface area contributed by atoms with Gasteiger partial charge >= 0.3 is 0 Å². The summed E-state index contributed by atoms with van der Waals surface area (Å²) in [6.07, 6.45) is 0.836. The van der Waals surface area contributed by atoms with Crippen LogP contribution in [0.4, 0.5) is 0 Å². The van der Waals surface area contributed by atoms with Gasteiger partial charge in [0.15, 0.2) is 0 Å². The Morgan fingerprint density at radius 3 is 2.33 bits per heavy atom. The monoisotopic (exact) mass is 237 g/mol. The summed E-state index contributed by atoms with van der Waals surface area (Å²) in [4.78, 5) is 11.2. The van der Waals surface area contributed by atoms with Crippen LogP contribution >= 0.6 is 0 Å². The number of hydrogen-bond acceptors (Lipinski definition) is 4. The average molecular weight is 237 g/mol. The zero-order valence-electron chi connectivity index (χ0n) is 9.12. The lowest BCUT2D eigenvalue weighted by Crippen LogP contribution is -2.36. The van der Waals surface area contributed by atoms with E-state index in [1.165, 1.54) is 0 Å². The summed E-state index contributed by atoms with van der Waals surface area (Å²) in [6.45, 7) is 3.69. The summed E-state index contributed by atoms with van der Waals surface area (Å²) < 4.78 is 21.1. The molecule has 0 rings (SSSR count). The van der Waals surface area contributed by atoms with Gasteiger partial charge in [-0.2, -0.15) is 0 Å². The van der Waals surface area contributed by atoms with Crippen molar-refractivity contribution in [3.05, 3.63) is 0 Å². The molecule has 0 radical (unpaired) electrons. The summed E-state index contributed by atoms with van der Waals surface area (Å²) >= 11 is 0. The minimum absolute atomic E-state index is 0.0443. The number of hydrogen-bond donors (Lipinski definition) is 3. The first-order valence-corrected chi connectivity index (χ1v) is 6.38. The molecule has 0 unspecified atom stereocenters. The van der Waals surface area contributed by atoms with Crippen LogP contribution in [0, 0.1) is 0 Å². The Morgan fingerprint density at radius 2 is 1.93 bits per heavy atom. The van der Waals surface area contributed by atoms with Crippen LogP contribution in [0.1, 0.15) is 26.7 Å². The zero-order valence-corrected chi connectivity index (χ0v) is 9.93. The molecule has 15 heavy (non-hydrogen) atoms. The molecule has 0 aromatic heterocycles. The largest absolute Gasteiger partial charge is 0.355 e. The molecule has 0 fully saturated rings. The lowest BCUT2D eigenvalue weighted by atomic mass is 10.00. The van der Waals surface area contributed by atoms with Crippen molar-refractivity contribution >= 4 is 15.9 Å². The molecule has 0 heterocycles. The van der Waals surface area contributed by atoms with Crippen molar-refractivity contribution < 1.29 is 13.2 Å². The maximum Gasteiger partial charge on any atom is 0.220 e. The van der Waals surface area contributed by atoms with E-state index in [4.69, 9.17) is 10.9 Å². The molecule has 0 atom stereocenters. The number of rotatable bonds is 6. The number of sulfonamides is 1. The third-order valence-electron chi connectivity index (χ3n) is 1.71. The number of amides is 1. The van der Waals surface area contributed by atoms with Crippen LogP contribution in [0.3, 0.4) is 0 Å². The fraction of sp³-hybridized carbons (Fsp3) is 0.875. The molecule has 0 aromatic rings. The molecule has 6 nitrogen and oxygen atoms in total. The van der Waals surface area contributed by atoms with E-state index in [0.717, 1.165) is 0 Å². The quantitative estimate of drug-likeness (QED) is 0.544. The smallest absolute Gasteiger partial charge is 0.220 e. The van der Waals surface area contributed by atoms with Crippen LogP contribution in [0.2, 0.25) is 0 Å². The van der Waals surface area contributed by atoms with Gasteiger partial charge in [-0.3, -0.25) is 4.79 Å². The molecule has 0 aliphatic heterocycles. The Kier molecular flexibility index (Phi) is 5.19. The summed E-state index contributed by atoms with van der Waals surface area (Å²) in [5.41, 5.74) is 5.29. The molecule has 0 bridgehead atoms. The van der Waals surface area contributed by atoms with Gasteiger partial charge in [0.2, 0.25) is 15.9 Å². The highest BCUT2D eigenvalue weighted by atomic mass is 32.2. The van der Waals surface area contributed by atoms with Crippen molar-refractivity contribution in [1.29, 1.82) is 0 Å². The van der Waals surface area contributed by atoms with Gasteiger partial charge in [-0.15, -0.1) is 0 Å².